The van der Waals surface area contributed by atoms with Gasteiger partial charge in [0.1, 0.15) is 5.75 Å². The molecule has 0 fully saturated rings. The Morgan fingerprint density at radius 2 is 2.23 bits per heavy atom. The number of rotatable bonds is 5. The van der Waals surface area contributed by atoms with E-state index in [-0.39, 0.29) is 5.02 Å². The molecule has 2 heterocycles. The van der Waals surface area contributed by atoms with E-state index in [0.29, 0.717) is 22.8 Å². The predicted molar refractivity (Wildman–Crippen MR) is 95.6 cm³/mol. The Labute approximate surface area is 155 Å². The van der Waals surface area contributed by atoms with Crippen LogP contribution in [0, 0.1) is 5.92 Å². The van der Waals surface area contributed by atoms with Gasteiger partial charge in [-0.3, -0.25) is 9.48 Å². The lowest BCUT2D eigenvalue weighted by atomic mass is 9.96. The molecule has 1 amide bonds. The molecule has 0 bridgehead atoms. The molecule has 1 aliphatic rings. The summed E-state index contributed by atoms with van der Waals surface area (Å²) in [6.45, 7) is 2.89. The number of methoxy groups -OCH3 is 1. The molecule has 0 saturated carbocycles. The van der Waals surface area contributed by atoms with Crippen molar-refractivity contribution in [2.75, 3.05) is 7.11 Å². The van der Waals surface area contributed by atoms with Gasteiger partial charge in [0.15, 0.2) is 6.04 Å². The van der Waals surface area contributed by atoms with Gasteiger partial charge in [0, 0.05) is 6.54 Å². The number of nitrogens with one attached hydrogen (secondary N) is 1. The fourth-order valence-electron chi connectivity index (χ4n) is 3.14. The number of fused-ring (bicyclic) bond motifs is 1. The van der Waals surface area contributed by atoms with Crippen LogP contribution >= 0.6 is 11.6 Å². The van der Waals surface area contributed by atoms with Crippen LogP contribution in [0.1, 0.15) is 41.0 Å². The van der Waals surface area contributed by atoms with Crippen LogP contribution in [-0.2, 0) is 17.8 Å². The van der Waals surface area contributed by atoms with Crippen molar-refractivity contribution >= 4 is 23.5 Å². The van der Waals surface area contributed by atoms with Crippen LogP contribution in [0.25, 0.3) is 0 Å². The molecule has 2 atom stereocenters. The Kier molecular flexibility index (Phi) is 5.18. The van der Waals surface area contributed by atoms with E-state index in [4.69, 9.17) is 16.3 Å². The molecule has 138 valence electrons. The second-order valence-electron chi connectivity index (χ2n) is 6.46. The Hall–Kier alpha value is -2.54. The number of benzene rings is 1. The minimum absolute atomic E-state index is 0.280. The van der Waals surface area contributed by atoms with Crippen molar-refractivity contribution in [3.8, 4) is 5.75 Å². The van der Waals surface area contributed by atoms with Crippen molar-refractivity contribution in [2.45, 2.75) is 32.4 Å². The number of nitrogens with zero attached hydrogens (tertiary/aromatic N) is 2. The quantitative estimate of drug-likeness (QED) is 0.835. The standard InChI is InChI=1S/C18H20ClN3O4/c1-10-5-6-22-14(7-10)12(9-20-22)17(23)21-16(18(24)25)11-3-4-15(26-2)13(19)8-11/h3-4,8-10,16H,5-7H2,1-2H3,(H,21,23)(H,24,25). The second kappa shape index (κ2) is 7.37. The first-order chi connectivity index (χ1) is 12.4. The molecule has 0 spiro atoms. The summed E-state index contributed by atoms with van der Waals surface area (Å²) in [5.74, 6) is -0.735. The van der Waals surface area contributed by atoms with Gasteiger partial charge in [-0.25, -0.2) is 4.79 Å². The zero-order chi connectivity index (χ0) is 18.8. The first-order valence-corrected chi connectivity index (χ1v) is 8.70. The molecular weight excluding hydrogens is 358 g/mol. The lowest BCUT2D eigenvalue weighted by molar-refractivity contribution is -0.139. The summed E-state index contributed by atoms with van der Waals surface area (Å²) in [4.78, 5) is 24.4. The summed E-state index contributed by atoms with van der Waals surface area (Å²) in [5, 5.41) is 16.7. The molecule has 2 unspecified atom stereocenters. The number of carbonyl (C=O) groups is 2. The number of carboxylic acids is 1. The van der Waals surface area contributed by atoms with Crippen LogP contribution in [0.5, 0.6) is 5.75 Å². The molecule has 1 aromatic heterocycles. The van der Waals surface area contributed by atoms with E-state index in [2.05, 4.69) is 17.3 Å². The predicted octanol–water partition coefficient (Wildman–Crippen LogP) is 2.68. The highest BCUT2D eigenvalue weighted by Crippen LogP contribution is 2.28. The molecule has 2 aromatic rings. The topological polar surface area (TPSA) is 93.5 Å². The van der Waals surface area contributed by atoms with Gasteiger partial charge in [-0.1, -0.05) is 24.6 Å². The number of carboxylic acid groups (broad SMARTS) is 1. The van der Waals surface area contributed by atoms with E-state index in [9.17, 15) is 14.7 Å². The lowest BCUT2D eigenvalue weighted by Gasteiger charge is -2.21. The zero-order valence-corrected chi connectivity index (χ0v) is 15.3. The van der Waals surface area contributed by atoms with Crippen molar-refractivity contribution < 1.29 is 19.4 Å². The fourth-order valence-corrected chi connectivity index (χ4v) is 3.41. The van der Waals surface area contributed by atoms with E-state index >= 15 is 0 Å². The normalized spacial score (nSPS) is 17.3. The first kappa shape index (κ1) is 18.3. The van der Waals surface area contributed by atoms with Crippen LogP contribution in [0.3, 0.4) is 0 Å². The van der Waals surface area contributed by atoms with Crippen molar-refractivity contribution in [1.82, 2.24) is 15.1 Å². The zero-order valence-electron chi connectivity index (χ0n) is 14.5. The van der Waals surface area contributed by atoms with Gasteiger partial charge in [0.2, 0.25) is 0 Å². The maximum Gasteiger partial charge on any atom is 0.330 e. The van der Waals surface area contributed by atoms with Gasteiger partial charge in [-0.2, -0.15) is 5.10 Å². The number of halogens is 1. The molecule has 0 saturated heterocycles. The van der Waals surface area contributed by atoms with E-state index in [1.165, 1.54) is 19.4 Å². The number of aryl methyl sites for hydroxylation is 1. The van der Waals surface area contributed by atoms with Gasteiger partial charge < -0.3 is 15.2 Å². The molecule has 2 N–H and O–H groups in total. The molecule has 26 heavy (non-hydrogen) atoms. The number of carbonyl (C=O) groups excluding carboxylic acids is 1. The van der Waals surface area contributed by atoms with Crippen molar-refractivity contribution in [3.63, 3.8) is 0 Å². The Bertz CT molecular complexity index is 849. The van der Waals surface area contributed by atoms with Gasteiger partial charge in [0.05, 0.1) is 29.6 Å². The summed E-state index contributed by atoms with van der Waals surface area (Å²) < 4.78 is 6.89. The van der Waals surface area contributed by atoms with E-state index in [0.717, 1.165) is 25.1 Å². The van der Waals surface area contributed by atoms with Crippen LogP contribution in [0.15, 0.2) is 24.4 Å². The van der Waals surface area contributed by atoms with Gasteiger partial charge in [-0.05, 0) is 36.5 Å². The third-order valence-electron chi connectivity index (χ3n) is 4.60. The number of amides is 1. The number of hydrogen-bond acceptors (Lipinski definition) is 4. The monoisotopic (exact) mass is 377 g/mol. The average Bonchev–Trinajstić information content (AvgIpc) is 3.02. The second-order valence-corrected chi connectivity index (χ2v) is 6.87. The lowest BCUT2D eigenvalue weighted by Crippen LogP contribution is -2.34. The Balaban J connectivity index is 1.85. The molecule has 0 radical (unpaired) electrons. The highest BCUT2D eigenvalue weighted by molar-refractivity contribution is 6.32. The van der Waals surface area contributed by atoms with Crippen LogP contribution in [0.2, 0.25) is 5.02 Å². The number of ether oxygens (including phenoxy) is 1. The number of aliphatic carboxylic acids is 1. The first-order valence-electron chi connectivity index (χ1n) is 8.32. The summed E-state index contributed by atoms with van der Waals surface area (Å²) >= 11 is 6.08. The van der Waals surface area contributed by atoms with E-state index in [1.54, 1.807) is 12.1 Å². The third-order valence-corrected chi connectivity index (χ3v) is 4.90. The van der Waals surface area contributed by atoms with Gasteiger partial charge in [-0.15, -0.1) is 0 Å². The van der Waals surface area contributed by atoms with E-state index < -0.39 is 17.9 Å². The third kappa shape index (κ3) is 3.53. The van der Waals surface area contributed by atoms with Gasteiger partial charge in [0.25, 0.3) is 5.91 Å². The number of aromatic nitrogens is 2. The minimum Gasteiger partial charge on any atom is -0.495 e. The molecule has 0 aliphatic carbocycles. The summed E-state index contributed by atoms with van der Waals surface area (Å²) in [5.41, 5.74) is 1.63. The molecule has 1 aliphatic heterocycles. The molecular formula is C18H20ClN3O4. The molecule has 1 aromatic carbocycles. The molecule has 7 nitrogen and oxygen atoms in total. The van der Waals surface area contributed by atoms with Crippen molar-refractivity contribution in [2.24, 2.45) is 5.92 Å². The summed E-state index contributed by atoms with van der Waals surface area (Å²) in [6.07, 6.45) is 3.26. The van der Waals surface area contributed by atoms with Gasteiger partial charge >= 0.3 is 5.97 Å². The smallest absolute Gasteiger partial charge is 0.330 e. The molecule has 8 heteroatoms. The average molecular weight is 378 g/mol. The van der Waals surface area contributed by atoms with E-state index in [1.807, 2.05) is 4.68 Å². The van der Waals surface area contributed by atoms with Crippen LogP contribution in [0.4, 0.5) is 0 Å². The summed E-state index contributed by atoms with van der Waals surface area (Å²) in [7, 11) is 1.47. The fraction of sp³-hybridized carbons (Fsp3) is 0.389. The number of hydrogen-bond donors (Lipinski definition) is 2. The molecule has 3 rings (SSSR count). The van der Waals surface area contributed by atoms with Crippen LogP contribution < -0.4 is 10.1 Å². The largest absolute Gasteiger partial charge is 0.495 e. The Morgan fingerprint density at radius 1 is 1.46 bits per heavy atom. The minimum atomic E-state index is -1.22. The maximum absolute atomic E-state index is 12.7. The van der Waals surface area contributed by atoms with Crippen molar-refractivity contribution in [3.05, 3.63) is 46.2 Å². The van der Waals surface area contributed by atoms with Crippen LogP contribution in [-0.4, -0.2) is 33.9 Å². The summed E-state index contributed by atoms with van der Waals surface area (Å²) in [6, 6.07) is 3.40. The SMILES string of the molecule is COc1ccc(C(NC(=O)c2cnn3c2CC(C)CC3)C(=O)O)cc1Cl. The highest BCUT2D eigenvalue weighted by Gasteiger charge is 2.28. The maximum atomic E-state index is 12.7. The Morgan fingerprint density at radius 3 is 2.88 bits per heavy atom. The highest BCUT2D eigenvalue weighted by atomic mass is 35.5. The van der Waals surface area contributed by atoms with Crippen molar-refractivity contribution in [1.29, 1.82) is 0 Å².